The number of halogens is 1. The Hall–Kier alpha value is -2.20. The highest BCUT2D eigenvalue weighted by molar-refractivity contribution is 5.81. The van der Waals surface area contributed by atoms with Crippen molar-refractivity contribution in [1.29, 1.82) is 0 Å². The Kier molecular flexibility index (Phi) is 2.57. The average molecular weight is 241 g/mol. The van der Waals surface area contributed by atoms with Crippen molar-refractivity contribution >= 4 is 10.9 Å². The molecule has 0 aliphatic rings. The Morgan fingerprint density at radius 1 is 1.11 bits per heavy atom. The SMILES string of the molecule is NCc1ccc2c(cnn2-c2ccc(F)cc2)c1. The fourth-order valence-electron chi connectivity index (χ4n) is 2.00. The smallest absolute Gasteiger partial charge is 0.123 e. The third-order valence-electron chi connectivity index (χ3n) is 2.94. The molecule has 90 valence electrons. The van der Waals surface area contributed by atoms with Crippen molar-refractivity contribution in [2.24, 2.45) is 5.73 Å². The van der Waals surface area contributed by atoms with Crippen LogP contribution in [-0.4, -0.2) is 9.78 Å². The van der Waals surface area contributed by atoms with E-state index >= 15 is 0 Å². The average Bonchev–Trinajstić information content (AvgIpc) is 2.82. The quantitative estimate of drug-likeness (QED) is 0.749. The minimum Gasteiger partial charge on any atom is -0.326 e. The van der Waals surface area contributed by atoms with Gasteiger partial charge in [0.15, 0.2) is 0 Å². The number of fused-ring (bicyclic) bond motifs is 1. The van der Waals surface area contributed by atoms with Crippen molar-refractivity contribution in [1.82, 2.24) is 9.78 Å². The molecule has 3 rings (SSSR count). The molecule has 0 fully saturated rings. The fraction of sp³-hybridized carbons (Fsp3) is 0.0714. The standard InChI is InChI=1S/C14H12FN3/c15-12-2-4-13(5-3-12)18-14-6-1-10(8-16)7-11(14)9-17-18/h1-7,9H,8,16H2. The first-order valence-electron chi connectivity index (χ1n) is 5.70. The maximum Gasteiger partial charge on any atom is 0.123 e. The fourth-order valence-corrected chi connectivity index (χ4v) is 2.00. The van der Waals surface area contributed by atoms with Gasteiger partial charge in [-0.25, -0.2) is 9.07 Å². The summed E-state index contributed by atoms with van der Waals surface area (Å²) in [6, 6.07) is 12.2. The van der Waals surface area contributed by atoms with Crippen molar-refractivity contribution in [2.75, 3.05) is 0 Å². The Balaban J connectivity index is 2.15. The summed E-state index contributed by atoms with van der Waals surface area (Å²) in [7, 11) is 0. The van der Waals surface area contributed by atoms with Crippen LogP contribution in [0.4, 0.5) is 4.39 Å². The molecule has 2 N–H and O–H groups in total. The Bertz CT molecular complexity index is 686. The van der Waals surface area contributed by atoms with E-state index in [1.165, 1.54) is 12.1 Å². The summed E-state index contributed by atoms with van der Waals surface area (Å²) in [5, 5.41) is 5.35. The molecule has 0 atom stereocenters. The number of nitrogens with zero attached hydrogens (tertiary/aromatic N) is 2. The molecule has 0 spiro atoms. The summed E-state index contributed by atoms with van der Waals surface area (Å²) in [6.45, 7) is 0.512. The van der Waals surface area contributed by atoms with Gasteiger partial charge in [-0.15, -0.1) is 0 Å². The van der Waals surface area contributed by atoms with Crippen molar-refractivity contribution < 1.29 is 4.39 Å². The van der Waals surface area contributed by atoms with E-state index in [-0.39, 0.29) is 5.82 Å². The van der Waals surface area contributed by atoms with Crippen LogP contribution in [0.25, 0.3) is 16.6 Å². The Labute approximate surface area is 104 Å². The third-order valence-corrected chi connectivity index (χ3v) is 2.94. The summed E-state index contributed by atoms with van der Waals surface area (Å²) in [5.74, 6) is -0.249. The third kappa shape index (κ3) is 1.76. The number of benzene rings is 2. The number of hydrogen-bond acceptors (Lipinski definition) is 2. The van der Waals surface area contributed by atoms with Gasteiger partial charge >= 0.3 is 0 Å². The second-order valence-electron chi connectivity index (χ2n) is 4.13. The van der Waals surface area contributed by atoms with E-state index in [2.05, 4.69) is 5.10 Å². The Morgan fingerprint density at radius 3 is 2.61 bits per heavy atom. The monoisotopic (exact) mass is 241 g/mol. The van der Waals surface area contributed by atoms with E-state index in [9.17, 15) is 4.39 Å². The predicted molar refractivity (Wildman–Crippen MR) is 68.9 cm³/mol. The second-order valence-corrected chi connectivity index (χ2v) is 4.13. The molecule has 0 radical (unpaired) electrons. The van der Waals surface area contributed by atoms with Crippen LogP contribution in [0, 0.1) is 5.82 Å². The molecule has 0 aliphatic carbocycles. The molecule has 0 aliphatic heterocycles. The molecule has 4 heteroatoms. The van der Waals surface area contributed by atoms with Crippen molar-refractivity contribution in [3.8, 4) is 5.69 Å². The largest absolute Gasteiger partial charge is 0.326 e. The van der Waals surface area contributed by atoms with Crippen LogP contribution in [0.15, 0.2) is 48.7 Å². The maximum atomic E-state index is 12.9. The van der Waals surface area contributed by atoms with Gasteiger partial charge in [0.05, 0.1) is 17.4 Å². The van der Waals surface area contributed by atoms with Crippen molar-refractivity contribution in [3.05, 3.63) is 60.0 Å². The predicted octanol–water partition coefficient (Wildman–Crippen LogP) is 2.62. The van der Waals surface area contributed by atoms with Crippen molar-refractivity contribution in [2.45, 2.75) is 6.54 Å². The highest BCUT2D eigenvalue weighted by atomic mass is 19.1. The molecule has 0 bridgehead atoms. The lowest BCUT2D eigenvalue weighted by Crippen LogP contribution is -1.97. The lowest BCUT2D eigenvalue weighted by atomic mass is 10.1. The Morgan fingerprint density at radius 2 is 1.89 bits per heavy atom. The van der Waals surface area contributed by atoms with Crippen LogP contribution >= 0.6 is 0 Å². The number of hydrogen-bond donors (Lipinski definition) is 1. The lowest BCUT2D eigenvalue weighted by molar-refractivity contribution is 0.627. The van der Waals surface area contributed by atoms with E-state index in [1.54, 1.807) is 23.0 Å². The molecular weight excluding hydrogens is 229 g/mol. The van der Waals surface area contributed by atoms with E-state index in [0.717, 1.165) is 22.2 Å². The molecule has 0 unspecified atom stereocenters. The van der Waals surface area contributed by atoms with Gasteiger partial charge in [-0.1, -0.05) is 6.07 Å². The van der Waals surface area contributed by atoms with Gasteiger partial charge in [-0.2, -0.15) is 5.10 Å². The molecule has 2 aromatic carbocycles. The van der Waals surface area contributed by atoms with Crippen LogP contribution in [0.5, 0.6) is 0 Å². The summed E-state index contributed by atoms with van der Waals surface area (Å²) in [6.07, 6.45) is 1.79. The molecule has 1 heterocycles. The van der Waals surface area contributed by atoms with Gasteiger partial charge in [-0.3, -0.25) is 0 Å². The first kappa shape index (κ1) is 10.9. The topological polar surface area (TPSA) is 43.8 Å². The number of rotatable bonds is 2. The first-order chi connectivity index (χ1) is 8.78. The summed E-state index contributed by atoms with van der Waals surface area (Å²) < 4.78 is 14.7. The second kappa shape index (κ2) is 4.23. The van der Waals surface area contributed by atoms with Crippen LogP contribution in [-0.2, 0) is 6.54 Å². The van der Waals surface area contributed by atoms with Gasteiger partial charge in [0.25, 0.3) is 0 Å². The molecule has 18 heavy (non-hydrogen) atoms. The molecule has 3 nitrogen and oxygen atoms in total. The van der Waals surface area contributed by atoms with Gasteiger partial charge in [0.1, 0.15) is 5.82 Å². The maximum absolute atomic E-state index is 12.9. The molecule has 1 aromatic heterocycles. The molecule has 0 amide bonds. The summed E-state index contributed by atoms with van der Waals surface area (Å²) >= 11 is 0. The van der Waals surface area contributed by atoms with Crippen LogP contribution in [0.2, 0.25) is 0 Å². The first-order valence-corrected chi connectivity index (χ1v) is 5.70. The molecular formula is C14H12FN3. The molecule has 3 aromatic rings. The number of aromatic nitrogens is 2. The minimum atomic E-state index is -0.249. The summed E-state index contributed by atoms with van der Waals surface area (Å²) in [5.41, 5.74) is 8.50. The van der Waals surface area contributed by atoms with E-state index in [1.807, 2.05) is 18.2 Å². The highest BCUT2D eigenvalue weighted by Crippen LogP contribution is 2.19. The van der Waals surface area contributed by atoms with Crippen LogP contribution < -0.4 is 5.73 Å². The zero-order chi connectivity index (χ0) is 12.5. The zero-order valence-corrected chi connectivity index (χ0v) is 9.68. The van der Waals surface area contributed by atoms with Gasteiger partial charge in [0.2, 0.25) is 0 Å². The van der Waals surface area contributed by atoms with Gasteiger partial charge in [0, 0.05) is 11.9 Å². The lowest BCUT2D eigenvalue weighted by Gasteiger charge is -2.04. The summed E-state index contributed by atoms with van der Waals surface area (Å²) in [4.78, 5) is 0. The van der Waals surface area contributed by atoms with Crippen molar-refractivity contribution in [3.63, 3.8) is 0 Å². The number of nitrogens with two attached hydrogens (primary N) is 1. The van der Waals surface area contributed by atoms with Crippen LogP contribution in [0.3, 0.4) is 0 Å². The molecule has 0 saturated heterocycles. The van der Waals surface area contributed by atoms with Gasteiger partial charge in [-0.05, 0) is 42.0 Å². The normalized spacial score (nSPS) is 11.0. The van der Waals surface area contributed by atoms with E-state index in [4.69, 9.17) is 5.73 Å². The van der Waals surface area contributed by atoms with E-state index < -0.39 is 0 Å². The highest BCUT2D eigenvalue weighted by Gasteiger charge is 2.05. The molecule has 0 saturated carbocycles. The van der Waals surface area contributed by atoms with Gasteiger partial charge < -0.3 is 5.73 Å². The van der Waals surface area contributed by atoms with E-state index in [0.29, 0.717) is 6.54 Å². The minimum absolute atomic E-state index is 0.249. The zero-order valence-electron chi connectivity index (χ0n) is 9.68. The van der Waals surface area contributed by atoms with Crippen LogP contribution in [0.1, 0.15) is 5.56 Å².